The number of rotatable bonds is 5. The van der Waals surface area contributed by atoms with Crippen LogP contribution in [0.15, 0.2) is 6.07 Å². The van der Waals surface area contributed by atoms with E-state index in [1.807, 2.05) is 6.92 Å². The van der Waals surface area contributed by atoms with Crippen molar-refractivity contribution in [1.29, 1.82) is 0 Å². The standard InChI is InChI=1S/C15H24ClN3O/c1-4-20-10-14-18-12(16)9-13(19-14)17-11-7-5-6-8-15(11,2)3/h9,11H,4-8,10H2,1-3H3,(H,17,18,19). The summed E-state index contributed by atoms with van der Waals surface area (Å²) in [6, 6.07) is 2.23. The normalized spacial score (nSPS) is 21.7. The molecule has 112 valence electrons. The van der Waals surface area contributed by atoms with E-state index in [2.05, 4.69) is 29.1 Å². The molecule has 1 heterocycles. The molecule has 1 N–H and O–H groups in total. The van der Waals surface area contributed by atoms with Crippen molar-refractivity contribution < 1.29 is 4.74 Å². The lowest BCUT2D eigenvalue weighted by atomic mass is 9.73. The predicted octanol–water partition coefficient (Wildman–Crippen LogP) is 4.05. The van der Waals surface area contributed by atoms with Crippen LogP contribution in [0.1, 0.15) is 52.3 Å². The van der Waals surface area contributed by atoms with Gasteiger partial charge in [-0.3, -0.25) is 0 Å². The topological polar surface area (TPSA) is 47.0 Å². The van der Waals surface area contributed by atoms with Crippen molar-refractivity contribution in [2.45, 2.75) is 59.1 Å². The predicted molar refractivity (Wildman–Crippen MR) is 82.0 cm³/mol. The average Bonchev–Trinajstić information content (AvgIpc) is 2.38. The van der Waals surface area contributed by atoms with Crippen molar-refractivity contribution >= 4 is 17.4 Å². The molecule has 20 heavy (non-hydrogen) atoms. The second kappa shape index (κ2) is 6.72. The lowest BCUT2D eigenvalue weighted by Crippen LogP contribution is -2.39. The van der Waals surface area contributed by atoms with Crippen LogP contribution in [-0.2, 0) is 11.3 Å². The summed E-state index contributed by atoms with van der Waals surface area (Å²) >= 11 is 6.07. The maximum absolute atomic E-state index is 6.07. The van der Waals surface area contributed by atoms with Crippen LogP contribution in [0, 0.1) is 5.41 Å². The zero-order valence-electron chi connectivity index (χ0n) is 12.6. The second-order valence-electron chi connectivity index (χ2n) is 6.06. The summed E-state index contributed by atoms with van der Waals surface area (Å²) in [5.74, 6) is 1.44. The molecule has 1 atom stereocenters. The van der Waals surface area contributed by atoms with Crippen LogP contribution in [0.25, 0.3) is 0 Å². The van der Waals surface area contributed by atoms with Gasteiger partial charge in [0.1, 0.15) is 17.6 Å². The zero-order valence-corrected chi connectivity index (χ0v) is 13.3. The fraction of sp³-hybridized carbons (Fsp3) is 0.733. The molecule has 0 aliphatic heterocycles. The van der Waals surface area contributed by atoms with Crippen molar-refractivity contribution in [2.75, 3.05) is 11.9 Å². The smallest absolute Gasteiger partial charge is 0.158 e. The van der Waals surface area contributed by atoms with Gasteiger partial charge in [0.2, 0.25) is 0 Å². The minimum absolute atomic E-state index is 0.287. The van der Waals surface area contributed by atoms with Crippen molar-refractivity contribution in [3.8, 4) is 0 Å². The molecule has 5 heteroatoms. The second-order valence-corrected chi connectivity index (χ2v) is 6.45. The Morgan fingerprint density at radius 2 is 2.20 bits per heavy atom. The average molecular weight is 298 g/mol. The molecule has 2 rings (SSSR count). The van der Waals surface area contributed by atoms with Gasteiger partial charge in [0.25, 0.3) is 0 Å². The van der Waals surface area contributed by atoms with E-state index in [4.69, 9.17) is 16.3 Å². The highest BCUT2D eigenvalue weighted by Gasteiger charge is 2.32. The van der Waals surface area contributed by atoms with Crippen LogP contribution >= 0.6 is 11.6 Å². The molecule has 4 nitrogen and oxygen atoms in total. The van der Waals surface area contributed by atoms with Gasteiger partial charge in [0.15, 0.2) is 5.82 Å². The number of nitrogens with zero attached hydrogens (tertiary/aromatic N) is 2. The van der Waals surface area contributed by atoms with Gasteiger partial charge >= 0.3 is 0 Å². The van der Waals surface area contributed by atoms with Crippen molar-refractivity contribution in [3.05, 3.63) is 17.0 Å². The number of nitrogens with one attached hydrogen (secondary N) is 1. The highest BCUT2D eigenvalue weighted by Crippen LogP contribution is 2.37. The van der Waals surface area contributed by atoms with Gasteiger partial charge in [0.05, 0.1) is 0 Å². The Morgan fingerprint density at radius 1 is 1.40 bits per heavy atom. The van der Waals surface area contributed by atoms with E-state index in [1.165, 1.54) is 25.7 Å². The highest BCUT2D eigenvalue weighted by molar-refractivity contribution is 6.29. The summed E-state index contributed by atoms with van der Waals surface area (Å²) in [6.45, 7) is 7.63. The first-order valence-electron chi connectivity index (χ1n) is 7.39. The lowest BCUT2D eigenvalue weighted by molar-refractivity contribution is 0.128. The molecule has 1 unspecified atom stereocenters. The lowest BCUT2D eigenvalue weighted by Gasteiger charge is -2.39. The molecule has 1 saturated carbocycles. The number of hydrogen-bond donors (Lipinski definition) is 1. The molecule has 1 aliphatic rings. The quantitative estimate of drug-likeness (QED) is 0.833. The highest BCUT2D eigenvalue weighted by atomic mass is 35.5. The molecular formula is C15H24ClN3O. The number of aromatic nitrogens is 2. The van der Waals surface area contributed by atoms with Crippen molar-refractivity contribution in [1.82, 2.24) is 9.97 Å². The summed E-state index contributed by atoms with van der Waals surface area (Å²) in [4.78, 5) is 8.69. The van der Waals surface area contributed by atoms with Crippen LogP contribution in [0.3, 0.4) is 0 Å². The van der Waals surface area contributed by atoms with Gasteiger partial charge in [-0.25, -0.2) is 9.97 Å². The first-order valence-corrected chi connectivity index (χ1v) is 7.77. The van der Waals surface area contributed by atoms with Gasteiger partial charge in [-0.05, 0) is 25.2 Å². The molecule has 0 radical (unpaired) electrons. The minimum atomic E-state index is 0.287. The summed E-state index contributed by atoms with van der Waals surface area (Å²) in [5.41, 5.74) is 0.287. The molecule has 1 aliphatic carbocycles. The number of anilines is 1. The zero-order chi connectivity index (χ0) is 14.6. The van der Waals surface area contributed by atoms with Crippen LogP contribution in [-0.4, -0.2) is 22.6 Å². The summed E-state index contributed by atoms with van der Waals surface area (Å²) in [6.07, 6.45) is 5.00. The van der Waals surface area contributed by atoms with Gasteiger partial charge in [-0.2, -0.15) is 0 Å². The van der Waals surface area contributed by atoms with Gasteiger partial charge in [-0.15, -0.1) is 0 Å². The molecule has 1 aromatic heterocycles. The first kappa shape index (κ1) is 15.5. The van der Waals surface area contributed by atoms with Gasteiger partial charge in [-0.1, -0.05) is 38.3 Å². The van der Waals surface area contributed by atoms with E-state index in [1.54, 1.807) is 6.07 Å². The molecule has 1 fully saturated rings. The van der Waals surface area contributed by atoms with E-state index >= 15 is 0 Å². The third-order valence-corrected chi connectivity index (χ3v) is 4.20. The molecule has 0 amide bonds. The Hall–Kier alpha value is -0.870. The SMILES string of the molecule is CCOCc1nc(Cl)cc(NC2CCCCC2(C)C)n1. The van der Waals surface area contributed by atoms with Crippen molar-refractivity contribution in [2.24, 2.45) is 5.41 Å². The fourth-order valence-electron chi connectivity index (χ4n) is 2.74. The van der Waals surface area contributed by atoms with E-state index in [0.29, 0.717) is 30.2 Å². The Kier molecular flexibility index (Phi) is 5.22. The largest absolute Gasteiger partial charge is 0.374 e. The maximum Gasteiger partial charge on any atom is 0.158 e. The van der Waals surface area contributed by atoms with Crippen LogP contribution in [0.2, 0.25) is 5.15 Å². The van der Waals surface area contributed by atoms with Crippen molar-refractivity contribution in [3.63, 3.8) is 0 Å². The third-order valence-electron chi connectivity index (χ3n) is 4.01. The Morgan fingerprint density at radius 3 is 2.90 bits per heavy atom. The molecule has 0 spiro atoms. The molecule has 0 aromatic carbocycles. The molecule has 0 saturated heterocycles. The molecular weight excluding hydrogens is 274 g/mol. The Balaban J connectivity index is 2.09. The number of ether oxygens (including phenoxy) is 1. The van der Waals surface area contributed by atoms with Crippen LogP contribution < -0.4 is 5.32 Å². The Bertz CT molecular complexity index is 451. The van der Waals surface area contributed by atoms with E-state index < -0.39 is 0 Å². The maximum atomic E-state index is 6.07. The molecule has 1 aromatic rings. The number of hydrogen-bond acceptors (Lipinski definition) is 4. The Labute approximate surface area is 126 Å². The molecule has 0 bridgehead atoms. The monoisotopic (exact) mass is 297 g/mol. The van der Waals surface area contributed by atoms with E-state index in [9.17, 15) is 0 Å². The van der Waals surface area contributed by atoms with Crippen LogP contribution in [0.5, 0.6) is 0 Å². The summed E-state index contributed by atoms with van der Waals surface area (Å²) in [5, 5.41) is 4.00. The third kappa shape index (κ3) is 4.06. The fourth-order valence-corrected chi connectivity index (χ4v) is 2.94. The number of halogens is 1. The van der Waals surface area contributed by atoms with E-state index in [-0.39, 0.29) is 5.41 Å². The van der Waals surface area contributed by atoms with E-state index in [0.717, 1.165) is 5.82 Å². The minimum Gasteiger partial charge on any atom is -0.374 e. The summed E-state index contributed by atoms with van der Waals surface area (Å²) in [7, 11) is 0. The van der Waals surface area contributed by atoms with Gasteiger partial charge < -0.3 is 10.1 Å². The van der Waals surface area contributed by atoms with Gasteiger partial charge in [0, 0.05) is 18.7 Å². The summed E-state index contributed by atoms with van der Waals surface area (Å²) < 4.78 is 5.35. The van der Waals surface area contributed by atoms with Crippen LogP contribution in [0.4, 0.5) is 5.82 Å². The first-order chi connectivity index (χ1) is 9.51.